The molecule has 0 bridgehead atoms. The van der Waals surface area contributed by atoms with Crippen LogP contribution in [-0.2, 0) is 19.0 Å². The van der Waals surface area contributed by atoms with Crippen LogP contribution in [0.1, 0.15) is 27.6 Å². The number of carbonyl (C=O) groups is 3. The molecule has 0 aromatic heterocycles. The highest BCUT2D eigenvalue weighted by Crippen LogP contribution is 2.18. The minimum Gasteiger partial charge on any atom is -0.460 e. The van der Waals surface area contributed by atoms with E-state index in [-0.39, 0.29) is 19.8 Å². The molecule has 1 heterocycles. The normalized spacial score (nSPS) is 11.9. The van der Waals surface area contributed by atoms with Crippen molar-refractivity contribution in [3.8, 4) is 0 Å². The minimum absolute atomic E-state index is 0.0194. The Morgan fingerprint density at radius 2 is 1.70 bits per heavy atom. The van der Waals surface area contributed by atoms with Crippen molar-refractivity contribution in [1.29, 1.82) is 0 Å². The van der Waals surface area contributed by atoms with Crippen molar-refractivity contribution in [1.82, 2.24) is 0 Å². The molecule has 0 spiro atoms. The number of rotatable bonds is 6. The van der Waals surface area contributed by atoms with Gasteiger partial charge in [-0.2, -0.15) is 0 Å². The Kier molecular flexibility index (Phi) is 7.65. The van der Waals surface area contributed by atoms with Crippen molar-refractivity contribution in [2.45, 2.75) is 6.92 Å². The van der Waals surface area contributed by atoms with Gasteiger partial charge in [0.05, 0.1) is 30.9 Å². The van der Waals surface area contributed by atoms with E-state index in [0.29, 0.717) is 23.3 Å². The van der Waals surface area contributed by atoms with Crippen LogP contribution in [0.5, 0.6) is 0 Å². The third-order valence-corrected chi connectivity index (χ3v) is 2.60. The molecule has 0 radical (unpaired) electrons. The maximum Gasteiger partial charge on any atom is 0.346 e. The van der Waals surface area contributed by atoms with Gasteiger partial charge in [-0.05, 0) is 19.1 Å². The molecule has 0 fully saturated rings. The van der Waals surface area contributed by atoms with E-state index < -0.39 is 17.9 Å². The molecule has 1 aliphatic heterocycles. The quantitative estimate of drug-likeness (QED) is 0.362. The summed E-state index contributed by atoms with van der Waals surface area (Å²) in [4.78, 5) is 32.4. The van der Waals surface area contributed by atoms with Gasteiger partial charge in [0, 0.05) is 5.57 Å². The lowest BCUT2D eigenvalue weighted by Gasteiger charge is -2.03. The molecule has 0 unspecified atom stereocenters. The van der Waals surface area contributed by atoms with Gasteiger partial charge in [-0.3, -0.25) is 0 Å². The van der Waals surface area contributed by atoms with Crippen molar-refractivity contribution in [2.75, 3.05) is 26.4 Å². The van der Waals surface area contributed by atoms with Crippen molar-refractivity contribution < 1.29 is 33.7 Å². The Balaban J connectivity index is 0.000000230. The summed E-state index contributed by atoms with van der Waals surface area (Å²) in [5.41, 5.74) is 1.09. The Bertz CT molecular complexity index is 559. The monoisotopic (exact) mass is 322 g/mol. The summed E-state index contributed by atoms with van der Waals surface area (Å²) < 4.78 is 13.9. The lowest BCUT2D eigenvalue weighted by molar-refractivity contribution is -0.140. The Morgan fingerprint density at radius 3 is 2.17 bits per heavy atom. The number of ether oxygens (including phenoxy) is 3. The van der Waals surface area contributed by atoms with E-state index in [1.165, 1.54) is 0 Å². The first kappa shape index (κ1) is 18.5. The van der Waals surface area contributed by atoms with E-state index >= 15 is 0 Å². The second-order valence-corrected chi connectivity index (χ2v) is 4.47. The van der Waals surface area contributed by atoms with Crippen LogP contribution in [0.4, 0.5) is 0 Å². The number of carbonyl (C=O) groups excluding carboxylic acids is 3. The summed E-state index contributed by atoms with van der Waals surface area (Å²) in [5, 5.41) is 8.32. The van der Waals surface area contributed by atoms with E-state index in [1.54, 1.807) is 31.2 Å². The first-order valence-electron chi connectivity index (χ1n) is 6.84. The van der Waals surface area contributed by atoms with E-state index in [2.05, 4.69) is 11.3 Å². The SMILES string of the molecule is C=C(C)C(=O)OCCOCCO.O=C1OC(=O)c2ccccc21. The third-order valence-electron chi connectivity index (χ3n) is 2.60. The maximum absolute atomic E-state index is 10.8. The highest BCUT2D eigenvalue weighted by atomic mass is 16.6. The van der Waals surface area contributed by atoms with Crippen LogP contribution in [-0.4, -0.2) is 49.4 Å². The molecular formula is C16H18O7. The molecule has 2 rings (SSSR count). The summed E-state index contributed by atoms with van der Waals surface area (Å²) in [7, 11) is 0. The Morgan fingerprint density at radius 1 is 1.13 bits per heavy atom. The van der Waals surface area contributed by atoms with Gasteiger partial charge in [0.25, 0.3) is 0 Å². The zero-order chi connectivity index (χ0) is 17.2. The number of benzene rings is 1. The summed E-state index contributed by atoms with van der Waals surface area (Å²) >= 11 is 0. The fraction of sp³-hybridized carbons (Fsp3) is 0.312. The number of hydrogen-bond donors (Lipinski definition) is 1. The van der Waals surface area contributed by atoms with Crippen LogP contribution in [0.15, 0.2) is 36.4 Å². The zero-order valence-electron chi connectivity index (χ0n) is 12.7. The highest BCUT2D eigenvalue weighted by molar-refractivity contribution is 6.14. The zero-order valence-corrected chi connectivity index (χ0v) is 12.7. The molecule has 7 nitrogen and oxygen atoms in total. The van der Waals surface area contributed by atoms with Crippen molar-refractivity contribution >= 4 is 17.9 Å². The molecule has 1 N–H and O–H groups in total. The molecular weight excluding hydrogens is 304 g/mol. The molecule has 0 aliphatic carbocycles. The number of cyclic esters (lactones) is 2. The van der Waals surface area contributed by atoms with Gasteiger partial charge in [0.2, 0.25) is 0 Å². The van der Waals surface area contributed by atoms with Crippen molar-refractivity contribution in [3.05, 3.63) is 47.5 Å². The highest BCUT2D eigenvalue weighted by Gasteiger charge is 2.28. The molecule has 1 aromatic carbocycles. The first-order chi connectivity index (χ1) is 11.0. The van der Waals surface area contributed by atoms with Gasteiger partial charge >= 0.3 is 17.9 Å². The Hall–Kier alpha value is -2.51. The molecule has 1 aliphatic rings. The third kappa shape index (κ3) is 6.01. The second-order valence-electron chi connectivity index (χ2n) is 4.47. The van der Waals surface area contributed by atoms with Crippen molar-refractivity contribution in [3.63, 3.8) is 0 Å². The fourth-order valence-electron chi connectivity index (χ4n) is 1.52. The maximum atomic E-state index is 10.8. The number of esters is 3. The molecule has 0 saturated carbocycles. The molecule has 23 heavy (non-hydrogen) atoms. The van der Waals surface area contributed by atoms with Crippen LogP contribution in [0.3, 0.4) is 0 Å². The van der Waals surface area contributed by atoms with E-state index in [4.69, 9.17) is 14.6 Å². The summed E-state index contributed by atoms with van der Waals surface area (Å²) in [6.07, 6.45) is 0. The second kappa shape index (κ2) is 9.50. The number of hydrogen-bond acceptors (Lipinski definition) is 7. The Labute approximate surface area is 133 Å². The lowest BCUT2D eigenvalue weighted by atomic mass is 10.1. The van der Waals surface area contributed by atoms with E-state index in [0.717, 1.165) is 0 Å². The summed E-state index contributed by atoms with van der Waals surface area (Å²) in [6, 6.07) is 6.53. The number of aliphatic hydroxyl groups is 1. The molecule has 124 valence electrons. The van der Waals surface area contributed by atoms with Crippen LogP contribution in [0, 0.1) is 0 Å². The van der Waals surface area contributed by atoms with Gasteiger partial charge in [-0.15, -0.1) is 0 Å². The van der Waals surface area contributed by atoms with Crippen LogP contribution < -0.4 is 0 Å². The molecule has 0 saturated heterocycles. The van der Waals surface area contributed by atoms with Crippen LogP contribution in [0.25, 0.3) is 0 Å². The summed E-state index contributed by atoms with van der Waals surface area (Å²) in [6.45, 7) is 5.75. The lowest BCUT2D eigenvalue weighted by Crippen LogP contribution is -2.12. The smallest absolute Gasteiger partial charge is 0.346 e. The van der Waals surface area contributed by atoms with Crippen LogP contribution in [0.2, 0.25) is 0 Å². The standard InChI is InChI=1S/C8H14O4.C8H4O3/c1-7(2)8(10)12-6-5-11-4-3-9;9-7-5-3-1-2-4-6(5)8(10)11-7/h9H,1,3-6H2,2H3;1-4H. The average molecular weight is 322 g/mol. The van der Waals surface area contributed by atoms with Gasteiger partial charge < -0.3 is 19.3 Å². The molecule has 0 atom stereocenters. The molecule has 0 amide bonds. The van der Waals surface area contributed by atoms with E-state index in [1.807, 2.05) is 0 Å². The largest absolute Gasteiger partial charge is 0.460 e. The first-order valence-corrected chi connectivity index (χ1v) is 6.84. The average Bonchev–Trinajstić information content (AvgIpc) is 2.83. The molecule has 7 heteroatoms. The van der Waals surface area contributed by atoms with Gasteiger partial charge in [-0.1, -0.05) is 18.7 Å². The molecule has 1 aromatic rings. The fourth-order valence-corrected chi connectivity index (χ4v) is 1.52. The van der Waals surface area contributed by atoms with Gasteiger partial charge in [0.1, 0.15) is 6.61 Å². The predicted molar refractivity (Wildman–Crippen MR) is 79.9 cm³/mol. The van der Waals surface area contributed by atoms with E-state index in [9.17, 15) is 14.4 Å². The van der Waals surface area contributed by atoms with Crippen molar-refractivity contribution in [2.24, 2.45) is 0 Å². The van der Waals surface area contributed by atoms with Crippen LogP contribution >= 0.6 is 0 Å². The topological polar surface area (TPSA) is 99.1 Å². The summed E-state index contributed by atoms with van der Waals surface area (Å²) in [5.74, 6) is -1.52. The minimum atomic E-state index is -0.550. The van der Waals surface area contributed by atoms with Gasteiger partial charge in [0.15, 0.2) is 0 Å². The number of aliphatic hydroxyl groups excluding tert-OH is 1. The predicted octanol–water partition coefficient (Wildman–Crippen LogP) is 1.11. The number of fused-ring (bicyclic) bond motifs is 1. The van der Waals surface area contributed by atoms with Gasteiger partial charge in [-0.25, -0.2) is 14.4 Å².